The molecule has 19 heavy (non-hydrogen) atoms. The van der Waals surface area contributed by atoms with Crippen LogP contribution in [0.1, 0.15) is 35.3 Å². The molecule has 2 heterocycles. The molecule has 2 aliphatic rings. The Hall–Kier alpha value is -1.24. The second-order valence-electron chi connectivity index (χ2n) is 5.22. The summed E-state index contributed by atoms with van der Waals surface area (Å²) in [6, 6.07) is 0.409. The van der Waals surface area contributed by atoms with Gasteiger partial charge >= 0.3 is 0 Å². The predicted octanol–water partition coefficient (Wildman–Crippen LogP) is 2.51. The van der Waals surface area contributed by atoms with E-state index >= 15 is 0 Å². The summed E-state index contributed by atoms with van der Waals surface area (Å²) in [5.74, 6) is -3.08. The summed E-state index contributed by atoms with van der Waals surface area (Å²) in [5.41, 5.74) is 1.09. The van der Waals surface area contributed by atoms with Gasteiger partial charge in [-0.15, -0.1) is 0 Å². The minimum absolute atomic E-state index is 0.115. The van der Waals surface area contributed by atoms with E-state index in [1.165, 1.54) is 16.4 Å². The van der Waals surface area contributed by atoms with Crippen molar-refractivity contribution in [3.8, 4) is 0 Å². The lowest BCUT2D eigenvalue weighted by atomic mass is 10.2. The summed E-state index contributed by atoms with van der Waals surface area (Å²) in [6.07, 6.45) is 1.93. The number of alkyl halides is 2. The Labute approximate surface area is 114 Å². The number of nitrogens with one attached hydrogen (secondary N) is 1. The zero-order valence-corrected chi connectivity index (χ0v) is 11.4. The zero-order chi connectivity index (χ0) is 13.6. The summed E-state index contributed by atoms with van der Waals surface area (Å²) >= 11 is 1.24. The van der Waals surface area contributed by atoms with Crippen molar-refractivity contribution >= 4 is 22.4 Å². The van der Waals surface area contributed by atoms with Crippen molar-refractivity contribution in [2.24, 2.45) is 0 Å². The van der Waals surface area contributed by atoms with Crippen molar-refractivity contribution in [2.75, 3.05) is 18.4 Å². The third-order valence-electron chi connectivity index (χ3n) is 3.45. The van der Waals surface area contributed by atoms with E-state index in [4.69, 9.17) is 0 Å². The SMILES string of the molecule is Cc1nsc(NC2CC2)c1C(=O)N1CCC(F)(F)C1. The lowest BCUT2D eigenvalue weighted by Gasteiger charge is -2.16. The molecule has 1 aliphatic heterocycles. The molecule has 4 nitrogen and oxygen atoms in total. The van der Waals surface area contributed by atoms with Gasteiger partial charge in [-0.3, -0.25) is 4.79 Å². The van der Waals surface area contributed by atoms with Crippen LogP contribution in [0.2, 0.25) is 0 Å². The molecule has 0 unspecified atom stereocenters. The molecule has 1 amide bonds. The molecule has 0 bridgehead atoms. The molecule has 0 aromatic carbocycles. The van der Waals surface area contributed by atoms with Crippen molar-refractivity contribution in [1.82, 2.24) is 9.27 Å². The topological polar surface area (TPSA) is 45.2 Å². The third-order valence-corrected chi connectivity index (χ3v) is 4.32. The minimum atomic E-state index is -2.75. The first-order chi connectivity index (χ1) is 8.96. The van der Waals surface area contributed by atoms with E-state index in [9.17, 15) is 13.6 Å². The van der Waals surface area contributed by atoms with Crippen LogP contribution in [0.4, 0.5) is 13.8 Å². The highest BCUT2D eigenvalue weighted by Crippen LogP contribution is 2.34. The number of aryl methyl sites for hydroxylation is 1. The maximum Gasteiger partial charge on any atom is 0.267 e. The summed E-state index contributed by atoms with van der Waals surface area (Å²) in [4.78, 5) is 13.6. The monoisotopic (exact) mass is 287 g/mol. The van der Waals surface area contributed by atoms with Crippen molar-refractivity contribution < 1.29 is 13.6 Å². The first kappa shape index (κ1) is 12.8. The van der Waals surface area contributed by atoms with Gasteiger partial charge in [0.05, 0.1) is 17.8 Å². The number of hydrogen-bond acceptors (Lipinski definition) is 4. The number of aromatic nitrogens is 1. The Kier molecular flexibility index (Phi) is 2.96. The Morgan fingerprint density at radius 3 is 2.84 bits per heavy atom. The van der Waals surface area contributed by atoms with E-state index in [2.05, 4.69) is 9.69 Å². The Morgan fingerprint density at radius 1 is 1.53 bits per heavy atom. The number of carbonyl (C=O) groups is 1. The summed E-state index contributed by atoms with van der Waals surface area (Å²) in [5, 5.41) is 3.97. The first-order valence-corrected chi connectivity index (χ1v) is 7.13. The van der Waals surface area contributed by atoms with Crippen molar-refractivity contribution in [1.29, 1.82) is 0 Å². The lowest BCUT2D eigenvalue weighted by molar-refractivity contribution is 0.0120. The van der Waals surface area contributed by atoms with Crippen LogP contribution >= 0.6 is 11.5 Å². The number of amides is 1. The van der Waals surface area contributed by atoms with Crippen LogP contribution < -0.4 is 5.32 Å². The number of nitrogens with zero attached hydrogens (tertiary/aromatic N) is 2. The number of anilines is 1. The van der Waals surface area contributed by atoms with Crippen LogP contribution in [0.3, 0.4) is 0 Å². The molecule has 0 radical (unpaired) electrons. The fourth-order valence-electron chi connectivity index (χ4n) is 2.20. The lowest BCUT2D eigenvalue weighted by Crippen LogP contribution is -2.32. The normalized spacial score (nSPS) is 21.7. The van der Waals surface area contributed by atoms with E-state index in [0.29, 0.717) is 17.3 Å². The molecule has 1 aromatic heterocycles. The molecule has 3 rings (SSSR count). The van der Waals surface area contributed by atoms with Crippen LogP contribution in [0.5, 0.6) is 0 Å². The second kappa shape index (κ2) is 4.40. The standard InChI is InChI=1S/C12H15F2N3OS/c1-7-9(10(19-16-7)15-8-2-3-8)11(18)17-5-4-12(13,14)6-17/h8,15H,2-6H2,1H3. The number of likely N-dealkylation sites (tertiary alicyclic amines) is 1. The molecule has 1 N–H and O–H groups in total. The minimum Gasteiger partial charge on any atom is -0.372 e. The Morgan fingerprint density at radius 2 is 2.26 bits per heavy atom. The summed E-state index contributed by atoms with van der Waals surface area (Å²) in [6.45, 7) is 1.38. The maximum absolute atomic E-state index is 13.2. The van der Waals surface area contributed by atoms with Crippen LogP contribution in [-0.2, 0) is 0 Å². The summed E-state index contributed by atoms with van der Waals surface area (Å²) < 4.78 is 30.6. The van der Waals surface area contributed by atoms with Gasteiger partial charge in [-0.25, -0.2) is 8.78 Å². The predicted molar refractivity (Wildman–Crippen MR) is 69.0 cm³/mol. The Balaban J connectivity index is 1.80. The number of carbonyl (C=O) groups excluding carboxylic acids is 1. The van der Waals surface area contributed by atoms with Crippen molar-refractivity contribution in [3.63, 3.8) is 0 Å². The smallest absolute Gasteiger partial charge is 0.267 e. The van der Waals surface area contributed by atoms with Crippen molar-refractivity contribution in [2.45, 2.75) is 38.2 Å². The Bertz CT molecular complexity index is 513. The van der Waals surface area contributed by atoms with Gasteiger partial charge in [-0.05, 0) is 31.3 Å². The average Bonchev–Trinajstić information content (AvgIpc) is 2.97. The van der Waals surface area contributed by atoms with Crippen LogP contribution in [-0.4, -0.2) is 40.2 Å². The first-order valence-electron chi connectivity index (χ1n) is 6.36. The molecule has 1 aromatic rings. The fourth-order valence-corrected chi connectivity index (χ4v) is 3.07. The molecule has 1 saturated carbocycles. The molecule has 1 aliphatic carbocycles. The molecule has 0 spiro atoms. The van der Waals surface area contributed by atoms with E-state index in [1.807, 2.05) is 0 Å². The highest BCUT2D eigenvalue weighted by molar-refractivity contribution is 7.10. The van der Waals surface area contributed by atoms with Crippen molar-refractivity contribution in [3.05, 3.63) is 11.3 Å². The molecule has 104 valence electrons. The van der Waals surface area contributed by atoms with Gasteiger partial charge in [0.2, 0.25) is 0 Å². The number of rotatable bonds is 3. The van der Waals surface area contributed by atoms with Gasteiger partial charge < -0.3 is 10.2 Å². The van der Waals surface area contributed by atoms with Gasteiger partial charge in [0.25, 0.3) is 11.8 Å². The van der Waals surface area contributed by atoms with Crippen LogP contribution in [0.15, 0.2) is 0 Å². The molecular weight excluding hydrogens is 272 g/mol. The van der Waals surface area contributed by atoms with Gasteiger partial charge in [-0.2, -0.15) is 4.37 Å². The average molecular weight is 287 g/mol. The molecule has 0 atom stereocenters. The van der Waals surface area contributed by atoms with Crippen LogP contribution in [0.25, 0.3) is 0 Å². The van der Waals surface area contributed by atoms with Gasteiger partial charge in [0, 0.05) is 19.0 Å². The highest BCUT2D eigenvalue weighted by Gasteiger charge is 2.41. The van der Waals surface area contributed by atoms with E-state index in [-0.39, 0.29) is 18.9 Å². The second-order valence-corrected chi connectivity index (χ2v) is 6.00. The molecule has 2 fully saturated rings. The third kappa shape index (κ3) is 2.56. The fraction of sp³-hybridized carbons (Fsp3) is 0.667. The van der Waals surface area contributed by atoms with E-state index in [1.54, 1.807) is 6.92 Å². The van der Waals surface area contributed by atoms with Gasteiger partial charge in [-0.1, -0.05) is 0 Å². The largest absolute Gasteiger partial charge is 0.372 e. The van der Waals surface area contributed by atoms with Gasteiger partial charge in [0.1, 0.15) is 5.00 Å². The maximum atomic E-state index is 13.2. The molecule has 1 saturated heterocycles. The van der Waals surface area contributed by atoms with Crippen LogP contribution in [0, 0.1) is 6.92 Å². The molecular formula is C12H15F2N3OS. The van der Waals surface area contributed by atoms with E-state index in [0.717, 1.165) is 17.8 Å². The number of hydrogen-bond donors (Lipinski definition) is 1. The van der Waals surface area contributed by atoms with Gasteiger partial charge in [0.15, 0.2) is 0 Å². The van der Waals surface area contributed by atoms with E-state index < -0.39 is 12.5 Å². The highest BCUT2D eigenvalue weighted by atomic mass is 32.1. The molecule has 7 heteroatoms. The summed E-state index contributed by atoms with van der Waals surface area (Å²) in [7, 11) is 0. The number of halogens is 2. The quantitative estimate of drug-likeness (QED) is 0.929. The zero-order valence-electron chi connectivity index (χ0n) is 10.6.